The van der Waals surface area contributed by atoms with Crippen LogP contribution in [0.3, 0.4) is 0 Å². The first-order chi connectivity index (χ1) is 8.56. The smallest absolute Gasteiger partial charge is 0.119 e. The van der Waals surface area contributed by atoms with Crippen LogP contribution in [0.15, 0.2) is 24.3 Å². The molecule has 3 atom stereocenters. The molecule has 0 saturated carbocycles. The number of hydrogen-bond acceptors (Lipinski definition) is 3. The molecule has 1 aromatic rings. The van der Waals surface area contributed by atoms with Crippen LogP contribution < -0.4 is 10.5 Å². The summed E-state index contributed by atoms with van der Waals surface area (Å²) in [6, 6.07) is 7.99. The maximum Gasteiger partial charge on any atom is 0.119 e. The van der Waals surface area contributed by atoms with E-state index in [1.165, 1.54) is 0 Å². The van der Waals surface area contributed by atoms with E-state index in [9.17, 15) is 0 Å². The summed E-state index contributed by atoms with van der Waals surface area (Å²) in [5.74, 6) is 0.890. The first-order valence-electron chi connectivity index (χ1n) is 6.74. The van der Waals surface area contributed by atoms with Gasteiger partial charge in [-0.2, -0.15) is 0 Å². The third kappa shape index (κ3) is 3.24. The van der Waals surface area contributed by atoms with Gasteiger partial charge in [0.15, 0.2) is 0 Å². The molecule has 0 radical (unpaired) electrons. The topological polar surface area (TPSA) is 44.5 Å². The molecule has 0 bridgehead atoms. The predicted octanol–water partition coefficient (Wildman–Crippen LogP) is 3.04. The van der Waals surface area contributed by atoms with Gasteiger partial charge in [0.25, 0.3) is 0 Å². The molecule has 1 saturated heterocycles. The first kappa shape index (κ1) is 13.4. The Hall–Kier alpha value is -1.06. The lowest BCUT2D eigenvalue weighted by molar-refractivity contribution is 0.0401. The van der Waals surface area contributed by atoms with Crippen LogP contribution in [0.2, 0.25) is 0 Å². The molecule has 2 N–H and O–H groups in total. The van der Waals surface area contributed by atoms with Crippen LogP contribution in [0.25, 0.3) is 0 Å². The van der Waals surface area contributed by atoms with Gasteiger partial charge in [0.1, 0.15) is 5.75 Å². The number of benzene rings is 1. The van der Waals surface area contributed by atoms with Gasteiger partial charge in [0, 0.05) is 0 Å². The Morgan fingerprint density at radius 2 is 1.89 bits per heavy atom. The second kappa shape index (κ2) is 5.72. The van der Waals surface area contributed by atoms with E-state index < -0.39 is 0 Å². The highest BCUT2D eigenvalue weighted by Crippen LogP contribution is 2.29. The van der Waals surface area contributed by atoms with E-state index in [0.717, 1.165) is 24.2 Å². The molecule has 0 amide bonds. The average Bonchev–Trinajstić information content (AvgIpc) is 2.75. The standard InChI is InChI=1S/C15H23NO2/c1-10(2)17-13-7-5-12(6-8-13)15(16)14-9-4-11(3)18-14/h5-8,10-11,14-15H,4,9,16H2,1-3H3. The Morgan fingerprint density at radius 1 is 1.22 bits per heavy atom. The first-order valence-corrected chi connectivity index (χ1v) is 6.74. The highest BCUT2D eigenvalue weighted by molar-refractivity contribution is 5.29. The Bertz CT molecular complexity index is 375. The van der Waals surface area contributed by atoms with E-state index in [0.29, 0.717) is 6.10 Å². The number of hydrogen-bond donors (Lipinski definition) is 1. The molecule has 1 aliphatic heterocycles. The van der Waals surface area contributed by atoms with Gasteiger partial charge in [0.05, 0.1) is 24.4 Å². The molecule has 1 aromatic carbocycles. The summed E-state index contributed by atoms with van der Waals surface area (Å²) in [6.45, 7) is 6.15. The van der Waals surface area contributed by atoms with Crippen molar-refractivity contribution in [3.05, 3.63) is 29.8 Å². The molecule has 3 heteroatoms. The van der Waals surface area contributed by atoms with Crippen LogP contribution >= 0.6 is 0 Å². The zero-order chi connectivity index (χ0) is 13.1. The van der Waals surface area contributed by atoms with Gasteiger partial charge in [-0.25, -0.2) is 0 Å². The van der Waals surface area contributed by atoms with Crippen LogP contribution in [0, 0.1) is 0 Å². The quantitative estimate of drug-likeness (QED) is 0.892. The summed E-state index contributed by atoms with van der Waals surface area (Å²) in [6.07, 6.45) is 2.84. The minimum atomic E-state index is -0.0388. The van der Waals surface area contributed by atoms with Gasteiger partial charge in [0.2, 0.25) is 0 Å². The number of ether oxygens (including phenoxy) is 2. The summed E-state index contributed by atoms with van der Waals surface area (Å²) >= 11 is 0. The van der Waals surface area contributed by atoms with Crippen molar-refractivity contribution >= 4 is 0 Å². The largest absolute Gasteiger partial charge is 0.491 e. The fraction of sp³-hybridized carbons (Fsp3) is 0.600. The molecule has 100 valence electrons. The molecule has 0 aromatic heterocycles. The SMILES string of the molecule is CC(C)Oc1ccc(C(N)C2CCC(C)O2)cc1. The van der Waals surface area contributed by atoms with Crippen LogP contribution in [0.1, 0.15) is 45.2 Å². The monoisotopic (exact) mass is 249 g/mol. The fourth-order valence-corrected chi connectivity index (χ4v) is 2.35. The molecule has 0 aliphatic carbocycles. The second-order valence-corrected chi connectivity index (χ2v) is 5.32. The van der Waals surface area contributed by atoms with Crippen molar-refractivity contribution in [1.29, 1.82) is 0 Å². The minimum absolute atomic E-state index is 0.0388. The molecule has 3 unspecified atom stereocenters. The lowest BCUT2D eigenvalue weighted by Gasteiger charge is -2.20. The van der Waals surface area contributed by atoms with Crippen LogP contribution in [-0.4, -0.2) is 18.3 Å². The van der Waals surface area contributed by atoms with Crippen molar-refractivity contribution in [2.45, 2.75) is 58.0 Å². The molecular formula is C15H23NO2. The van der Waals surface area contributed by atoms with Gasteiger partial charge in [-0.1, -0.05) is 12.1 Å². The third-order valence-electron chi connectivity index (χ3n) is 3.30. The lowest BCUT2D eigenvalue weighted by atomic mass is 10.00. The van der Waals surface area contributed by atoms with E-state index in [2.05, 4.69) is 6.92 Å². The highest BCUT2D eigenvalue weighted by atomic mass is 16.5. The fourth-order valence-electron chi connectivity index (χ4n) is 2.35. The Balaban J connectivity index is 2.00. The van der Waals surface area contributed by atoms with Crippen molar-refractivity contribution in [3.63, 3.8) is 0 Å². The third-order valence-corrected chi connectivity index (χ3v) is 3.30. The Kier molecular flexibility index (Phi) is 4.25. The van der Waals surface area contributed by atoms with Gasteiger partial charge in [-0.15, -0.1) is 0 Å². The molecule has 18 heavy (non-hydrogen) atoms. The highest BCUT2D eigenvalue weighted by Gasteiger charge is 2.28. The van der Waals surface area contributed by atoms with Crippen molar-refractivity contribution in [1.82, 2.24) is 0 Å². The summed E-state index contributed by atoms with van der Waals surface area (Å²) in [5.41, 5.74) is 7.36. The summed E-state index contributed by atoms with van der Waals surface area (Å²) in [7, 11) is 0. The van der Waals surface area contributed by atoms with Crippen LogP contribution in [-0.2, 0) is 4.74 Å². The summed E-state index contributed by atoms with van der Waals surface area (Å²) < 4.78 is 11.4. The zero-order valence-electron chi connectivity index (χ0n) is 11.4. The van der Waals surface area contributed by atoms with E-state index in [4.69, 9.17) is 15.2 Å². The summed E-state index contributed by atoms with van der Waals surface area (Å²) in [4.78, 5) is 0. The average molecular weight is 249 g/mol. The normalized spacial score (nSPS) is 25.4. The zero-order valence-corrected chi connectivity index (χ0v) is 11.4. The van der Waals surface area contributed by atoms with E-state index >= 15 is 0 Å². The molecule has 3 nitrogen and oxygen atoms in total. The number of nitrogens with two attached hydrogens (primary N) is 1. The van der Waals surface area contributed by atoms with Crippen molar-refractivity contribution < 1.29 is 9.47 Å². The number of rotatable bonds is 4. The Morgan fingerprint density at radius 3 is 2.39 bits per heavy atom. The van der Waals surface area contributed by atoms with E-state index in [-0.39, 0.29) is 18.2 Å². The summed E-state index contributed by atoms with van der Waals surface area (Å²) in [5, 5.41) is 0. The molecule has 1 fully saturated rings. The van der Waals surface area contributed by atoms with Crippen molar-refractivity contribution in [2.24, 2.45) is 5.73 Å². The van der Waals surface area contributed by atoms with Gasteiger partial charge < -0.3 is 15.2 Å². The van der Waals surface area contributed by atoms with Gasteiger partial charge >= 0.3 is 0 Å². The van der Waals surface area contributed by atoms with E-state index in [1.54, 1.807) is 0 Å². The molecule has 2 rings (SSSR count). The lowest BCUT2D eigenvalue weighted by Crippen LogP contribution is -2.26. The maximum atomic E-state index is 6.25. The minimum Gasteiger partial charge on any atom is -0.491 e. The van der Waals surface area contributed by atoms with Crippen LogP contribution in [0.4, 0.5) is 0 Å². The molecular weight excluding hydrogens is 226 g/mol. The second-order valence-electron chi connectivity index (χ2n) is 5.32. The maximum absolute atomic E-state index is 6.25. The molecule has 1 aliphatic rings. The van der Waals surface area contributed by atoms with Crippen molar-refractivity contribution in [3.8, 4) is 5.75 Å². The predicted molar refractivity (Wildman–Crippen MR) is 72.7 cm³/mol. The molecule has 1 heterocycles. The van der Waals surface area contributed by atoms with Crippen LogP contribution in [0.5, 0.6) is 5.75 Å². The van der Waals surface area contributed by atoms with Gasteiger partial charge in [-0.3, -0.25) is 0 Å². The van der Waals surface area contributed by atoms with Gasteiger partial charge in [-0.05, 0) is 51.3 Å². The Labute approximate surface area is 109 Å². The molecule has 0 spiro atoms. The van der Waals surface area contributed by atoms with E-state index in [1.807, 2.05) is 38.1 Å². The van der Waals surface area contributed by atoms with Crippen molar-refractivity contribution in [2.75, 3.05) is 0 Å².